The standard InChI is InChI=1S/C20H15NO/c22-15-11-9-14(10-12-15)13-21-20-18-7-3-1-5-16(18)17-6-2-4-8-19(17)20/h1-13,20,22H. The van der Waals surface area contributed by atoms with E-state index in [1.165, 1.54) is 22.3 Å². The number of nitrogens with zero attached hydrogens (tertiary/aromatic N) is 1. The van der Waals surface area contributed by atoms with Gasteiger partial charge in [0.25, 0.3) is 0 Å². The predicted molar refractivity (Wildman–Crippen MR) is 89.4 cm³/mol. The number of fused-ring (bicyclic) bond motifs is 3. The maximum atomic E-state index is 9.35. The molecule has 3 aromatic carbocycles. The van der Waals surface area contributed by atoms with Crippen molar-refractivity contribution in [2.45, 2.75) is 6.04 Å². The van der Waals surface area contributed by atoms with Gasteiger partial charge in [0.15, 0.2) is 0 Å². The van der Waals surface area contributed by atoms with Gasteiger partial charge in [-0.25, -0.2) is 0 Å². The molecule has 0 radical (unpaired) electrons. The summed E-state index contributed by atoms with van der Waals surface area (Å²) in [7, 11) is 0. The Hall–Kier alpha value is -2.87. The fraction of sp³-hybridized carbons (Fsp3) is 0.0500. The van der Waals surface area contributed by atoms with E-state index < -0.39 is 0 Å². The van der Waals surface area contributed by atoms with Crippen molar-refractivity contribution in [1.82, 2.24) is 0 Å². The maximum Gasteiger partial charge on any atom is 0.115 e. The van der Waals surface area contributed by atoms with Gasteiger partial charge in [-0.2, -0.15) is 0 Å². The molecule has 1 N–H and O–H groups in total. The molecule has 0 bridgehead atoms. The van der Waals surface area contributed by atoms with Crippen molar-refractivity contribution in [2.75, 3.05) is 0 Å². The Bertz CT molecular complexity index is 804. The molecule has 4 rings (SSSR count). The summed E-state index contributed by atoms with van der Waals surface area (Å²) in [5.41, 5.74) is 6.02. The first-order chi connectivity index (χ1) is 10.8. The van der Waals surface area contributed by atoms with Crippen LogP contribution in [0.4, 0.5) is 0 Å². The highest BCUT2D eigenvalue weighted by atomic mass is 16.3. The van der Waals surface area contributed by atoms with Gasteiger partial charge < -0.3 is 5.11 Å². The van der Waals surface area contributed by atoms with Crippen molar-refractivity contribution in [3.63, 3.8) is 0 Å². The summed E-state index contributed by atoms with van der Waals surface area (Å²) in [5, 5.41) is 9.35. The van der Waals surface area contributed by atoms with Crippen LogP contribution >= 0.6 is 0 Å². The van der Waals surface area contributed by atoms with E-state index in [2.05, 4.69) is 48.5 Å². The lowest BCUT2D eigenvalue weighted by Crippen LogP contribution is -1.93. The fourth-order valence-corrected chi connectivity index (χ4v) is 3.01. The van der Waals surface area contributed by atoms with Crippen molar-refractivity contribution in [1.29, 1.82) is 0 Å². The van der Waals surface area contributed by atoms with Crippen LogP contribution in [0.2, 0.25) is 0 Å². The van der Waals surface area contributed by atoms with Crippen molar-refractivity contribution < 1.29 is 5.11 Å². The molecular weight excluding hydrogens is 270 g/mol. The van der Waals surface area contributed by atoms with Gasteiger partial charge in [0, 0.05) is 6.21 Å². The van der Waals surface area contributed by atoms with Crippen LogP contribution in [0.25, 0.3) is 11.1 Å². The molecule has 0 amide bonds. The molecule has 3 aromatic rings. The number of aliphatic imine (C=N–C) groups is 1. The number of phenolic OH excluding ortho intramolecular Hbond substituents is 1. The summed E-state index contributed by atoms with van der Waals surface area (Å²) < 4.78 is 0. The van der Waals surface area contributed by atoms with Crippen LogP contribution in [-0.2, 0) is 0 Å². The molecule has 0 atom stereocenters. The Kier molecular flexibility index (Phi) is 3.01. The number of hydrogen-bond donors (Lipinski definition) is 1. The number of hydrogen-bond acceptors (Lipinski definition) is 2. The van der Waals surface area contributed by atoms with E-state index in [0.717, 1.165) is 5.56 Å². The van der Waals surface area contributed by atoms with Crippen molar-refractivity contribution in [3.8, 4) is 16.9 Å². The Balaban J connectivity index is 1.77. The Morgan fingerprint density at radius 2 is 1.27 bits per heavy atom. The third-order valence-electron chi connectivity index (χ3n) is 4.07. The molecule has 0 unspecified atom stereocenters. The first-order valence-electron chi connectivity index (χ1n) is 7.33. The highest BCUT2D eigenvalue weighted by Gasteiger charge is 2.26. The predicted octanol–water partition coefficient (Wildman–Crippen LogP) is 4.58. The van der Waals surface area contributed by atoms with Gasteiger partial charge in [0.2, 0.25) is 0 Å². The number of rotatable bonds is 2. The Labute approximate surface area is 129 Å². The molecule has 0 saturated heterocycles. The van der Waals surface area contributed by atoms with Crippen molar-refractivity contribution in [2.24, 2.45) is 4.99 Å². The maximum absolute atomic E-state index is 9.35. The van der Waals surface area contributed by atoms with Crippen LogP contribution < -0.4 is 0 Å². The smallest absolute Gasteiger partial charge is 0.115 e. The third-order valence-corrected chi connectivity index (χ3v) is 4.07. The van der Waals surface area contributed by atoms with Crippen LogP contribution in [0.5, 0.6) is 5.75 Å². The topological polar surface area (TPSA) is 32.6 Å². The monoisotopic (exact) mass is 285 g/mol. The minimum atomic E-state index is 0.0428. The number of benzene rings is 3. The summed E-state index contributed by atoms with van der Waals surface area (Å²) in [6.45, 7) is 0. The average Bonchev–Trinajstić information content (AvgIpc) is 2.89. The van der Waals surface area contributed by atoms with Crippen LogP contribution in [0, 0.1) is 0 Å². The summed E-state index contributed by atoms with van der Waals surface area (Å²) in [4.78, 5) is 4.80. The molecule has 106 valence electrons. The van der Waals surface area contributed by atoms with Crippen molar-refractivity contribution in [3.05, 3.63) is 89.5 Å². The van der Waals surface area contributed by atoms with Gasteiger partial charge in [-0.1, -0.05) is 48.5 Å². The SMILES string of the molecule is Oc1ccc(C=NC2c3ccccc3-c3ccccc32)cc1. The molecule has 2 nitrogen and oxygen atoms in total. The molecule has 1 aliphatic rings. The molecule has 0 saturated carbocycles. The minimum Gasteiger partial charge on any atom is -0.508 e. The second kappa shape index (κ2) is 5.15. The molecule has 0 fully saturated rings. The number of phenols is 1. The summed E-state index contributed by atoms with van der Waals surface area (Å²) in [6, 6.07) is 24.0. The van der Waals surface area contributed by atoms with Gasteiger partial charge in [-0.05, 0) is 52.1 Å². The first-order valence-corrected chi connectivity index (χ1v) is 7.33. The van der Waals surface area contributed by atoms with Gasteiger partial charge in [-0.3, -0.25) is 4.99 Å². The Morgan fingerprint density at radius 3 is 1.86 bits per heavy atom. The fourth-order valence-electron chi connectivity index (χ4n) is 3.01. The molecule has 2 heteroatoms. The first kappa shape index (κ1) is 12.8. The largest absolute Gasteiger partial charge is 0.508 e. The molecule has 0 spiro atoms. The van der Waals surface area contributed by atoms with E-state index in [1.54, 1.807) is 12.1 Å². The minimum absolute atomic E-state index is 0.0428. The highest BCUT2D eigenvalue weighted by Crippen LogP contribution is 2.44. The lowest BCUT2D eigenvalue weighted by molar-refractivity contribution is 0.475. The van der Waals surface area contributed by atoms with E-state index in [0.29, 0.717) is 0 Å². The van der Waals surface area contributed by atoms with Gasteiger partial charge in [0.1, 0.15) is 11.8 Å². The quantitative estimate of drug-likeness (QED) is 0.687. The summed E-state index contributed by atoms with van der Waals surface area (Å²) in [6.07, 6.45) is 1.88. The van der Waals surface area contributed by atoms with Gasteiger partial charge >= 0.3 is 0 Å². The third kappa shape index (κ3) is 2.09. The van der Waals surface area contributed by atoms with Crippen LogP contribution in [0.15, 0.2) is 77.8 Å². The average molecular weight is 285 g/mol. The molecule has 1 aliphatic carbocycles. The molecule has 0 aromatic heterocycles. The van der Waals surface area contributed by atoms with E-state index in [9.17, 15) is 5.11 Å². The molecule has 0 heterocycles. The lowest BCUT2D eigenvalue weighted by Gasteiger charge is -2.07. The zero-order valence-electron chi connectivity index (χ0n) is 12.0. The second-order valence-corrected chi connectivity index (χ2v) is 5.45. The van der Waals surface area contributed by atoms with E-state index in [-0.39, 0.29) is 11.8 Å². The zero-order valence-corrected chi connectivity index (χ0v) is 12.0. The van der Waals surface area contributed by atoms with Crippen LogP contribution in [0.1, 0.15) is 22.7 Å². The highest BCUT2D eigenvalue weighted by molar-refractivity contribution is 5.83. The van der Waals surface area contributed by atoms with E-state index in [1.807, 2.05) is 18.3 Å². The number of aromatic hydroxyl groups is 1. The molecule has 22 heavy (non-hydrogen) atoms. The normalized spacial score (nSPS) is 13.3. The van der Waals surface area contributed by atoms with E-state index in [4.69, 9.17) is 4.99 Å². The molecular formula is C20H15NO. The molecule has 0 aliphatic heterocycles. The summed E-state index contributed by atoms with van der Waals surface area (Å²) in [5.74, 6) is 0.272. The van der Waals surface area contributed by atoms with E-state index >= 15 is 0 Å². The van der Waals surface area contributed by atoms with Gasteiger partial charge in [-0.15, -0.1) is 0 Å². The van der Waals surface area contributed by atoms with Crippen LogP contribution in [-0.4, -0.2) is 11.3 Å². The zero-order chi connectivity index (χ0) is 14.9. The second-order valence-electron chi connectivity index (χ2n) is 5.45. The van der Waals surface area contributed by atoms with Crippen LogP contribution in [0.3, 0.4) is 0 Å². The lowest BCUT2D eigenvalue weighted by atomic mass is 10.1. The van der Waals surface area contributed by atoms with Gasteiger partial charge in [0.05, 0.1) is 0 Å². The summed E-state index contributed by atoms with van der Waals surface area (Å²) >= 11 is 0. The Morgan fingerprint density at radius 1 is 0.727 bits per heavy atom. The van der Waals surface area contributed by atoms with Crippen molar-refractivity contribution >= 4 is 6.21 Å².